The molecule has 102 valence electrons. The molecular formula is C14H24N2O2. The smallest absolute Gasteiger partial charge is 0.242 e. The lowest BCUT2D eigenvalue weighted by molar-refractivity contribution is -0.151. The molecular weight excluding hydrogens is 228 g/mol. The quantitative estimate of drug-likeness (QED) is 0.732. The van der Waals surface area contributed by atoms with Crippen molar-refractivity contribution >= 4 is 5.91 Å². The molecule has 0 aromatic rings. The molecule has 4 heteroatoms. The van der Waals surface area contributed by atoms with E-state index in [1.807, 2.05) is 4.90 Å². The first-order chi connectivity index (χ1) is 8.54. The Morgan fingerprint density at radius 1 is 1.17 bits per heavy atom. The van der Waals surface area contributed by atoms with Crippen LogP contribution in [0.4, 0.5) is 0 Å². The fraction of sp³-hybridized carbons (Fsp3) is 0.929. The first-order valence-corrected chi connectivity index (χ1v) is 7.34. The molecule has 0 spiro atoms. The lowest BCUT2D eigenvalue weighted by atomic mass is 9.70. The molecule has 1 saturated heterocycles. The topological polar surface area (TPSA) is 66.6 Å². The minimum absolute atomic E-state index is 0.126. The van der Waals surface area contributed by atoms with Gasteiger partial charge in [0.15, 0.2) is 0 Å². The van der Waals surface area contributed by atoms with Gasteiger partial charge in [0.25, 0.3) is 0 Å². The van der Waals surface area contributed by atoms with Crippen LogP contribution in [-0.2, 0) is 4.79 Å². The SMILES string of the molecule is NC1(C(=O)N2CCC3(O)CCCCC3C2)CCC1. The predicted molar refractivity (Wildman–Crippen MR) is 68.9 cm³/mol. The summed E-state index contributed by atoms with van der Waals surface area (Å²) in [6, 6.07) is 0. The number of rotatable bonds is 1. The number of piperidine rings is 1. The molecule has 2 saturated carbocycles. The molecule has 1 heterocycles. The summed E-state index contributed by atoms with van der Waals surface area (Å²) in [5, 5.41) is 10.6. The van der Waals surface area contributed by atoms with Crippen molar-refractivity contribution in [2.75, 3.05) is 13.1 Å². The van der Waals surface area contributed by atoms with E-state index >= 15 is 0 Å². The molecule has 4 nitrogen and oxygen atoms in total. The predicted octanol–water partition coefficient (Wildman–Crippen LogP) is 1.02. The molecule has 3 aliphatic rings. The Morgan fingerprint density at radius 2 is 1.94 bits per heavy atom. The molecule has 1 amide bonds. The third-order valence-electron chi connectivity index (χ3n) is 5.39. The summed E-state index contributed by atoms with van der Waals surface area (Å²) in [6.45, 7) is 1.40. The average Bonchev–Trinajstić information content (AvgIpc) is 2.34. The van der Waals surface area contributed by atoms with Gasteiger partial charge in [-0.15, -0.1) is 0 Å². The number of likely N-dealkylation sites (tertiary alicyclic amines) is 1. The zero-order valence-corrected chi connectivity index (χ0v) is 11.0. The van der Waals surface area contributed by atoms with E-state index in [0.29, 0.717) is 13.1 Å². The molecule has 0 bridgehead atoms. The van der Waals surface area contributed by atoms with Gasteiger partial charge < -0.3 is 15.7 Å². The fourth-order valence-electron chi connectivity index (χ4n) is 3.84. The van der Waals surface area contributed by atoms with Gasteiger partial charge in [-0.3, -0.25) is 4.79 Å². The van der Waals surface area contributed by atoms with Crippen LogP contribution in [0.1, 0.15) is 51.4 Å². The van der Waals surface area contributed by atoms with Crippen molar-refractivity contribution in [3.8, 4) is 0 Å². The number of aliphatic hydroxyl groups is 1. The van der Waals surface area contributed by atoms with E-state index in [1.165, 1.54) is 6.42 Å². The van der Waals surface area contributed by atoms with Crippen molar-refractivity contribution in [3.05, 3.63) is 0 Å². The van der Waals surface area contributed by atoms with E-state index in [0.717, 1.165) is 44.9 Å². The number of fused-ring (bicyclic) bond motifs is 1. The Morgan fingerprint density at radius 3 is 2.61 bits per heavy atom. The second kappa shape index (κ2) is 4.20. The van der Waals surface area contributed by atoms with Gasteiger partial charge in [-0.2, -0.15) is 0 Å². The van der Waals surface area contributed by atoms with Crippen LogP contribution in [0.2, 0.25) is 0 Å². The van der Waals surface area contributed by atoms with Gasteiger partial charge in [0.1, 0.15) is 0 Å². The highest BCUT2D eigenvalue weighted by Crippen LogP contribution is 2.41. The number of hydrogen-bond acceptors (Lipinski definition) is 3. The molecule has 0 radical (unpaired) electrons. The zero-order chi connectivity index (χ0) is 12.8. The Balaban J connectivity index is 1.68. The molecule has 2 unspecified atom stereocenters. The average molecular weight is 252 g/mol. The van der Waals surface area contributed by atoms with E-state index < -0.39 is 11.1 Å². The number of amides is 1. The summed E-state index contributed by atoms with van der Waals surface area (Å²) in [7, 11) is 0. The lowest BCUT2D eigenvalue weighted by Gasteiger charge is -2.50. The summed E-state index contributed by atoms with van der Waals surface area (Å²) >= 11 is 0. The minimum atomic E-state index is -0.579. The molecule has 2 atom stereocenters. The first-order valence-electron chi connectivity index (χ1n) is 7.34. The summed E-state index contributed by atoms with van der Waals surface area (Å²) in [6.07, 6.45) is 7.74. The van der Waals surface area contributed by atoms with Crippen molar-refractivity contribution < 1.29 is 9.90 Å². The lowest BCUT2D eigenvalue weighted by Crippen LogP contribution is -2.63. The summed E-state index contributed by atoms with van der Waals surface area (Å²) in [5.74, 6) is 0.397. The van der Waals surface area contributed by atoms with Gasteiger partial charge in [0, 0.05) is 19.0 Å². The van der Waals surface area contributed by atoms with E-state index in [9.17, 15) is 9.90 Å². The summed E-state index contributed by atoms with van der Waals surface area (Å²) in [5.41, 5.74) is 5.04. The molecule has 0 aromatic heterocycles. The Hall–Kier alpha value is -0.610. The van der Waals surface area contributed by atoms with Gasteiger partial charge in [-0.25, -0.2) is 0 Å². The van der Waals surface area contributed by atoms with Crippen molar-refractivity contribution in [1.29, 1.82) is 0 Å². The number of hydrogen-bond donors (Lipinski definition) is 2. The maximum absolute atomic E-state index is 12.4. The number of carbonyl (C=O) groups is 1. The van der Waals surface area contributed by atoms with Crippen molar-refractivity contribution in [2.24, 2.45) is 11.7 Å². The highest BCUT2D eigenvalue weighted by atomic mass is 16.3. The van der Waals surface area contributed by atoms with E-state index in [4.69, 9.17) is 5.73 Å². The monoisotopic (exact) mass is 252 g/mol. The van der Waals surface area contributed by atoms with Gasteiger partial charge >= 0.3 is 0 Å². The Bertz CT molecular complexity index is 354. The van der Waals surface area contributed by atoms with Crippen LogP contribution >= 0.6 is 0 Å². The number of nitrogens with zero attached hydrogens (tertiary/aromatic N) is 1. The van der Waals surface area contributed by atoms with Crippen LogP contribution < -0.4 is 5.73 Å². The molecule has 1 aliphatic heterocycles. The van der Waals surface area contributed by atoms with Crippen molar-refractivity contribution in [1.82, 2.24) is 4.90 Å². The van der Waals surface area contributed by atoms with E-state index in [-0.39, 0.29) is 11.8 Å². The van der Waals surface area contributed by atoms with Crippen LogP contribution in [0.3, 0.4) is 0 Å². The van der Waals surface area contributed by atoms with Gasteiger partial charge in [0.05, 0.1) is 11.1 Å². The second-order valence-corrected chi connectivity index (χ2v) is 6.56. The molecule has 3 fully saturated rings. The zero-order valence-electron chi connectivity index (χ0n) is 11.0. The van der Waals surface area contributed by atoms with Crippen LogP contribution in [0.5, 0.6) is 0 Å². The van der Waals surface area contributed by atoms with E-state index in [2.05, 4.69) is 0 Å². The first kappa shape index (κ1) is 12.4. The Labute approximate surface area is 109 Å². The highest BCUT2D eigenvalue weighted by Gasteiger charge is 2.48. The third-order valence-corrected chi connectivity index (χ3v) is 5.39. The fourth-order valence-corrected chi connectivity index (χ4v) is 3.84. The van der Waals surface area contributed by atoms with Gasteiger partial charge in [-0.05, 0) is 38.5 Å². The van der Waals surface area contributed by atoms with Gasteiger partial charge in [0.2, 0.25) is 5.91 Å². The highest BCUT2D eigenvalue weighted by molar-refractivity contribution is 5.87. The van der Waals surface area contributed by atoms with Crippen molar-refractivity contribution in [3.63, 3.8) is 0 Å². The molecule has 2 aliphatic carbocycles. The standard InChI is InChI=1S/C14H24N2O2/c15-13(5-3-6-13)12(17)16-9-8-14(18)7-2-1-4-11(14)10-16/h11,18H,1-10,15H2. The normalized spacial score (nSPS) is 38.8. The van der Waals surface area contributed by atoms with Gasteiger partial charge in [-0.1, -0.05) is 12.8 Å². The van der Waals surface area contributed by atoms with Crippen LogP contribution in [0.25, 0.3) is 0 Å². The van der Waals surface area contributed by atoms with Crippen LogP contribution in [0.15, 0.2) is 0 Å². The molecule has 0 aromatic carbocycles. The largest absolute Gasteiger partial charge is 0.389 e. The van der Waals surface area contributed by atoms with Crippen molar-refractivity contribution in [2.45, 2.75) is 62.5 Å². The van der Waals surface area contributed by atoms with E-state index in [1.54, 1.807) is 0 Å². The maximum Gasteiger partial charge on any atom is 0.242 e. The minimum Gasteiger partial charge on any atom is -0.389 e. The van der Waals surface area contributed by atoms with Crippen LogP contribution in [-0.4, -0.2) is 40.1 Å². The maximum atomic E-state index is 12.4. The molecule has 18 heavy (non-hydrogen) atoms. The molecule has 3 rings (SSSR count). The Kier molecular flexibility index (Phi) is 2.90. The molecule has 3 N–H and O–H groups in total. The second-order valence-electron chi connectivity index (χ2n) is 6.56. The third kappa shape index (κ3) is 1.86. The van der Waals surface area contributed by atoms with Crippen LogP contribution in [0, 0.1) is 5.92 Å². The summed E-state index contributed by atoms with van der Waals surface area (Å²) < 4.78 is 0. The number of carbonyl (C=O) groups excluding carboxylic acids is 1. The summed E-state index contributed by atoms with van der Waals surface area (Å²) in [4.78, 5) is 14.3. The number of nitrogens with two attached hydrogens (primary N) is 1.